The van der Waals surface area contributed by atoms with E-state index in [-0.39, 0.29) is 5.91 Å². The molecule has 0 saturated carbocycles. The SMILES string of the molecule is CCCCN(C)C(=O)CCN1CCCc2ccccc21. The Kier molecular flexibility index (Phi) is 5.45. The van der Waals surface area contributed by atoms with Crippen molar-refractivity contribution in [3.05, 3.63) is 29.8 Å². The number of benzene rings is 1. The number of fused-ring (bicyclic) bond motifs is 1. The number of para-hydroxylation sites is 1. The van der Waals surface area contributed by atoms with Crippen LogP contribution in [0.4, 0.5) is 5.69 Å². The third-order valence-corrected chi connectivity index (χ3v) is 4.07. The first kappa shape index (κ1) is 14.9. The van der Waals surface area contributed by atoms with Crippen LogP contribution in [0, 0.1) is 0 Å². The van der Waals surface area contributed by atoms with Crippen LogP contribution < -0.4 is 4.90 Å². The molecular formula is C17H26N2O. The van der Waals surface area contributed by atoms with Gasteiger partial charge in [0.25, 0.3) is 0 Å². The second kappa shape index (κ2) is 7.32. The van der Waals surface area contributed by atoms with Crippen LogP contribution in [-0.4, -0.2) is 37.5 Å². The molecule has 3 nitrogen and oxygen atoms in total. The zero-order chi connectivity index (χ0) is 14.4. The van der Waals surface area contributed by atoms with Crippen molar-refractivity contribution in [3.63, 3.8) is 0 Å². The van der Waals surface area contributed by atoms with Crippen LogP contribution in [0.5, 0.6) is 0 Å². The number of carbonyl (C=O) groups excluding carboxylic acids is 1. The van der Waals surface area contributed by atoms with E-state index in [4.69, 9.17) is 0 Å². The lowest BCUT2D eigenvalue weighted by molar-refractivity contribution is -0.129. The molecule has 3 heteroatoms. The highest BCUT2D eigenvalue weighted by Crippen LogP contribution is 2.26. The summed E-state index contributed by atoms with van der Waals surface area (Å²) in [6, 6.07) is 8.58. The second-order valence-electron chi connectivity index (χ2n) is 5.64. The van der Waals surface area contributed by atoms with E-state index in [9.17, 15) is 4.79 Å². The predicted octanol–water partition coefficient (Wildman–Crippen LogP) is 3.09. The highest BCUT2D eigenvalue weighted by Gasteiger charge is 2.17. The molecule has 0 spiro atoms. The van der Waals surface area contributed by atoms with Gasteiger partial charge in [-0.05, 0) is 30.9 Å². The van der Waals surface area contributed by atoms with Crippen LogP contribution >= 0.6 is 0 Å². The number of carbonyl (C=O) groups is 1. The molecule has 0 unspecified atom stereocenters. The highest BCUT2D eigenvalue weighted by molar-refractivity contribution is 5.76. The van der Waals surface area contributed by atoms with Gasteiger partial charge in [0.05, 0.1) is 0 Å². The minimum Gasteiger partial charge on any atom is -0.371 e. The Morgan fingerprint density at radius 3 is 2.95 bits per heavy atom. The minimum atomic E-state index is 0.265. The molecular weight excluding hydrogens is 248 g/mol. The van der Waals surface area contributed by atoms with Gasteiger partial charge in [-0.1, -0.05) is 31.5 Å². The van der Waals surface area contributed by atoms with Crippen LogP contribution in [0.2, 0.25) is 0 Å². The van der Waals surface area contributed by atoms with Gasteiger partial charge in [-0.15, -0.1) is 0 Å². The van der Waals surface area contributed by atoms with Gasteiger partial charge >= 0.3 is 0 Å². The molecule has 0 aromatic heterocycles. The molecule has 1 heterocycles. The molecule has 1 aliphatic rings. The molecule has 110 valence electrons. The number of anilines is 1. The molecule has 1 amide bonds. The Morgan fingerprint density at radius 2 is 2.15 bits per heavy atom. The van der Waals surface area contributed by atoms with Crippen molar-refractivity contribution < 1.29 is 4.79 Å². The Morgan fingerprint density at radius 1 is 1.35 bits per heavy atom. The van der Waals surface area contributed by atoms with Gasteiger partial charge in [-0.25, -0.2) is 0 Å². The van der Waals surface area contributed by atoms with Gasteiger partial charge in [0.2, 0.25) is 5.91 Å². The van der Waals surface area contributed by atoms with Crippen molar-refractivity contribution in [2.24, 2.45) is 0 Å². The van der Waals surface area contributed by atoms with E-state index in [1.54, 1.807) is 0 Å². The standard InChI is InChI=1S/C17H26N2O/c1-3-4-12-18(2)17(20)11-14-19-13-7-9-15-8-5-6-10-16(15)19/h5-6,8,10H,3-4,7,9,11-14H2,1-2H3. The summed E-state index contributed by atoms with van der Waals surface area (Å²) in [4.78, 5) is 16.3. The lowest BCUT2D eigenvalue weighted by atomic mass is 10.0. The molecule has 0 N–H and O–H groups in total. The van der Waals surface area contributed by atoms with E-state index in [0.29, 0.717) is 6.42 Å². The fraction of sp³-hybridized carbons (Fsp3) is 0.588. The predicted molar refractivity (Wildman–Crippen MR) is 84.1 cm³/mol. The van der Waals surface area contributed by atoms with Crippen LogP contribution in [0.1, 0.15) is 38.2 Å². The summed E-state index contributed by atoms with van der Waals surface area (Å²) in [6.45, 7) is 4.95. The summed E-state index contributed by atoms with van der Waals surface area (Å²) >= 11 is 0. The Hall–Kier alpha value is -1.51. The molecule has 0 aliphatic carbocycles. The maximum Gasteiger partial charge on any atom is 0.224 e. The monoisotopic (exact) mass is 274 g/mol. The first-order chi connectivity index (χ1) is 9.72. The number of aryl methyl sites for hydroxylation is 1. The van der Waals surface area contributed by atoms with Crippen molar-refractivity contribution in [1.29, 1.82) is 0 Å². The van der Waals surface area contributed by atoms with E-state index in [1.165, 1.54) is 17.7 Å². The number of rotatable bonds is 6. The number of nitrogens with zero attached hydrogens (tertiary/aromatic N) is 2. The molecule has 0 fully saturated rings. The molecule has 1 aromatic carbocycles. The Balaban J connectivity index is 1.87. The zero-order valence-electron chi connectivity index (χ0n) is 12.8. The maximum atomic E-state index is 12.1. The largest absolute Gasteiger partial charge is 0.371 e. The van der Waals surface area contributed by atoms with Gasteiger partial charge in [-0.2, -0.15) is 0 Å². The average Bonchev–Trinajstić information content (AvgIpc) is 2.50. The van der Waals surface area contributed by atoms with Gasteiger partial charge in [0.1, 0.15) is 0 Å². The van der Waals surface area contributed by atoms with E-state index >= 15 is 0 Å². The molecule has 0 bridgehead atoms. The smallest absolute Gasteiger partial charge is 0.224 e. The number of hydrogen-bond acceptors (Lipinski definition) is 2. The molecule has 0 saturated heterocycles. The van der Waals surface area contributed by atoms with E-state index < -0.39 is 0 Å². The topological polar surface area (TPSA) is 23.6 Å². The lowest BCUT2D eigenvalue weighted by Crippen LogP contribution is -2.35. The van der Waals surface area contributed by atoms with Crippen molar-refractivity contribution in [2.75, 3.05) is 31.6 Å². The van der Waals surface area contributed by atoms with E-state index in [0.717, 1.165) is 38.9 Å². The fourth-order valence-corrected chi connectivity index (χ4v) is 2.79. The van der Waals surface area contributed by atoms with Crippen molar-refractivity contribution in [2.45, 2.75) is 39.0 Å². The fourth-order valence-electron chi connectivity index (χ4n) is 2.79. The summed E-state index contributed by atoms with van der Waals surface area (Å²) < 4.78 is 0. The average molecular weight is 274 g/mol. The van der Waals surface area contributed by atoms with Gasteiger partial charge in [-0.3, -0.25) is 4.79 Å². The lowest BCUT2D eigenvalue weighted by Gasteiger charge is -2.31. The van der Waals surface area contributed by atoms with Gasteiger partial charge in [0, 0.05) is 38.8 Å². The van der Waals surface area contributed by atoms with Crippen LogP contribution in [0.25, 0.3) is 0 Å². The zero-order valence-corrected chi connectivity index (χ0v) is 12.8. The third-order valence-electron chi connectivity index (χ3n) is 4.07. The highest BCUT2D eigenvalue weighted by atomic mass is 16.2. The number of amides is 1. The van der Waals surface area contributed by atoms with E-state index in [2.05, 4.69) is 36.1 Å². The van der Waals surface area contributed by atoms with Crippen LogP contribution in [0.3, 0.4) is 0 Å². The first-order valence-corrected chi connectivity index (χ1v) is 7.79. The third kappa shape index (κ3) is 3.75. The summed E-state index contributed by atoms with van der Waals surface area (Å²) in [5, 5.41) is 0. The summed E-state index contributed by atoms with van der Waals surface area (Å²) in [5.41, 5.74) is 2.74. The number of hydrogen-bond donors (Lipinski definition) is 0. The molecule has 1 aliphatic heterocycles. The maximum absolute atomic E-state index is 12.1. The Bertz CT molecular complexity index is 444. The first-order valence-electron chi connectivity index (χ1n) is 7.79. The summed E-state index contributed by atoms with van der Waals surface area (Å²) in [5.74, 6) is 0.265. The van der Waals surface area contributed by atoms with Crippen LogP contribution in [-0.2, 0) is 11.2 Å². The molecule has 1 aromatic rings. The van der Waals surface area contributed by atoms with Gasteiger partial charge < -0.3 is 9.80 Å². The second-order valence-corrected chi connectivity index (χ2v) is 5.64. The molecule has 0 atom stereocenters. The minimum absolute atomic E-state index is 0.265. The molecule has 20 heavy (non-hydrogen) atoms. The van der Waals surface area contributed by atoms with Crippen LogP contribution in [0.15, 0.2) is 24.3 Å². The number of unbranched alkanes of at least 4 members (excludes halogenated alkanes) is 1. The molecule has 2 rings (SSSR count). The van der Waals surface area contributed by atoms with Crippen molar-refractivity contribution in [1.82, 2.24) is 4.90 Å². The Labute approximate surface area is 122 Å². The normalized spacial score (nSPS) is 14.0. The summed E-state index contributed by atoms with van der Waals surface area (Å²) in [7, 11) is 1.92. The van der Waals surface area contributed by atoms with Crippen molar-refractivity contribution >= 4 is 11.6 Å². The van der Waals surface area contributed by atoms with Crippen molar-refractivity contribution in [3.8, 4) is 0 Å². The van der Waals surface area contributed by atoms with E-state index in [1.807, 2.05) is 11.9 Å². The molecule has 0 radical (unpaired) electrons. The summed E-state index contributed by atoms with van der Waals surface area (Å²) in [6.07, 6.45) is 5.20. The quantitative estimate of drug-likeness (QED) is 0.796. The van der Waals surface area contributed by atoms with Gasteiger partial charge in [0.15, 0.2) is 0 Å².